The lowest BCUT2D eigenvalue weighted by molar-refractivity contribution is -0.135. The molecule has 0 radical (unpaired) electrons. The number of aromatic nitrogens is 1. The van der Waals surface area contributed by atoms with Gasteiger partial charge in [0, 0.05) is 23.7 Å². The Labute approximate surface area is 160 Å². The van der Waals surface area contributed by atoms with Gasteiger partial charge < -0.3 is 9.80 Å². The lowest BCUT2D eigenvalue weighted by Crippen LogP contribution is -2.54. The molecule has 0 N–H and O–H groups in total. The van der Waals surface area contributed by atoms with E-state index < -0.39 is 6.04 Å². The number of carbonyl (C=O) groups is 3. The highest BCUT2D eigenvalue weighted by Gasteiger charge is 2.62. The second-order valence-corrected chi connectivity index (χ2v) is 7.31. The number of likely N-dealkylation sites (tertiary alicyclic amines) is 1. The van der Waals surface area contributed by atoms with Crippen LogP contribution in [0.2, 0.25) is 0 Å². The van der Waals surface area contributed by atoms with Gasteiger partial charge in [-0.2, -0.15) is 5.26 Å². The smallest absolute Gasteiger partial charge is 0.332 e. The molecule has 0 spiro atoms. The van der Waals surface area contributed by atoms with E-state index in [0.717, 1.165) is 0 Å². The van der Waals surface area contributed by atoms with Gasteiger partial charge in [-0.15, -0.1) is 0 Å². The molecule has 28 heavy (non-hydrogen) atoms. The van der Waals surface area contributed by atoms with Gasteiger partial charge in [-0.1, -0.05) is 31.2 Å². The number of rotatable bonds is 2. The number of pyridine rings is 1. The second-order valence-electron chi connectivity index (χ2n) is 7.31. The summed E-state index contributed by atoms with van der Waals surface area (Å²) in [6.45, 7) is 2.28. The Hall–Kier alpha value is -3.47. The molecule has 0 saturated carbocycles. The highest BCUT2D eigenvalue weighted by Crippen LogP contribution is 2.43. The van der Waals surface area contributed by atoms with Crippen LogP contribution in [0.3, 0.4) is 0 Å². The SMILES string of the molecule is CCC(=O)N1CC2CC1[C@H]1C(=O)N(c3cnc(C#N)c4ccccc34)C(=O)N21. The van der Waals surface area contributed by atoms with Crippen molar-refractivity contribution < 1.29 is 14.4 Å². The van der Waals surface area contributed by atoms with E-state index in [-0.39, 0.29) is 35.6 Å². The summed E-state index contributed by atoms with van der Waals surface area (Å²) in [6, 6.07) is 7.74. The first kappa shape index (κ1) is 16.7. The molecule has 140 valence electrons. The number of carbonyl (C=O) groups excluding carboxylic acids is 3. The van der Waals surface area contributed by atoms with E-state index in [4.69, 9.17) is 0 Å². The van der Waals surface area contributed by atoms with Gasteiger partial charge in [-0.3, -0.25) is 9.59 Å². The standard InChI is InChI=1S/C20H17N5O3/c1-2-17(26)23-10-11-7-15(23)18-19(27)25(20(28)24(11)18)16-9-22-14(8-21)12-5-3-4-6-13(12)16/h3-6,9,11,15,18H,2,7,10H2,1H3/t11?,15?,18-/m0/s1. The molecule has 1 aromatic carbocycles. The molecule has 3 fully saturated rings. The van der Waals surface area contributed by atoms with Crippen molar-refractivity contribution in [2.45, 2.75) is 37.9 Å². The van der Waals surface area contributed by atoms with Crippen LogP contribution in [0.25, 0.3) is 10.8 Å². The summed E-state index contributed by atoms with van der Waals surface area (Å²) in [7, 11) is 0. The summed E-state index contributed by atoms with van der Waals surface area (Å²) >= 11 is 0. The minimum absolute atomic E-state index is 0.0105. The van der Waals surface area contributed by atoms with E-state index in [1.807, 2.05) is 6.07 Å². The molecule has 3 atom stereocenters. The van der Waals surface area contributed by atoms with Crippen LogP contribution in [0.5, 0.6) is 0 Å². The third-order valence-electron chi connectivity index (χ3n) is 6.01. The molecule has 8 heteroatoms. The van der Waals surface area contributed by atoms with E-state index in [1.54, 1.807) is 41.0 Å². The molecule has 2 aromatic rings. The molecular formula is C20H17N5O3. The van der Waals surface area contributed by atoms with Gasteiger partial charge in [0.05, 0.1) is 24.0 Å². The van der Waals surface area contributed by atoms with Crippen LogP contribution in [0.1, 0.15) is 25.5 Å². The summed E-state index contributed by atoms with van der Waals surface area (Å²) in [5, 5.41) is 10.5. The molecule has 3 saturated heterocycles. The van der Waals surface area contributed by atoms with Crippen LogP contribution in [0.15, 0.2) is 30.5 Å². The van der Waals surface area contributed by atoms with Crippen molar-refractivity contribution in [2.24, 2.45) is 0 Å². The van der Waals surface area contributed by atoms with Crippen molar-refractivity contribution in [3.05, 3.63) is 36.2 Å². The Morgan fingerprint density at radius 2 is 2.04 bits per heavy atom. The summed E-state index contributed by atoms with van der Waals surface area (Å²) in [4.78, 5) is 47.4. The molecule has 2 unspecified atom stereocenters. The number of nitrogens with zero attached hydrogens (tertiary/aromatic N) is 5. The Morgan fingerprint density at radius 1 is 1.29 bits per heavy atom. The summed E-state index contributed by atoms with van der Waals surface area (Å²) in [5.41, 5.74) is 0.630. The summed E-state index contributed by atoms with van der Waals surface area (Å²) in [6.07, 6.45) is 2.44. The molecule has 2 bridgehead atoms. The Bertz CT molecular complexity index is 1090. The number of piperazine rings is 1. The number of hydrogen-bond acceptors (Lipinski definition) is 5. The van der Waals surface area contributed by atoms with Crippen LogP contribution < -0.4 is 4.90 Å². The van der Waals surface area contributed by atoms with Gasteiger partial charge in [-0.25, -0.2) is 14.7 Å². The third-order valence-corrected chi connectivity index (χ3v) is 6.01. The molecule has 3 aliphatic rings. The zero-order chi connectivity index (χ0) is 19.6. The van der Waals surface area contributed by atoms with Gasteiger partial charge in [-0.05, 0) is 6.42 Å². The summed E-state index contributed by atoms with van der Waals surface area (Å²) in [5.74, 6) is -0.320. The quantitative estimate of drug-likeness (QED) is 0.743. The van der Waals surface area contributed by atoms with Crippen LogP contribution in [0, 0.1) is 11.3 Å². The van der Waals surface area contributed by atoms with Gasteiger partial charge in [0.1, 0.15) is 17.8 Å². The molecule has 0 aliphatic carbocycles. The number of urea groups is 1. The van der Waals surface area contributed by atoms with E-state index >= 15 is 0 Å². The number of fused-ring (bicyclic) bond motifs is 6. The van der Waals surface area contributed by atoms with E-state index in [1.165, 1.54) is 11.1 Å². The van der Waals surface area contributed by atoms with Crippen LogP contribution in [0.4, 0.5) is 10.5 Å². The molecule has 5 rings (SSSR count). The normalized spacial score (nSPS) is 25.6. The fourth-order valence-electron chi connectivity index (χ4n) is 4.81. The number of anilines is 1. The van der Waals surface area contributed by atoms with E-state index in [2.05, 4.69) is 4.98 Å². The number of amides is 4. The van der Waals surface area contributed by atoms with Crippen molar-refractivity contribution in [3.8, 4) is 6.07 Å². The highest BCUT2D eigenvalue weighted by molar-refractivity contribution is 6.25. The minimum atomic E-state index is -0.642. The van der Waals surface area contributed by atoms with Gasteiger partial charge in [0.15, 0.2) is 0 Å². The first-order valence-corrected chi connectivity index (χ1v) is 9.30. The average molecular weight is 375 g/mol. The lowest BCUT2D eigenvalue weighted by Gasteiger charge is -2.34. The fourth-order valence-corrected chi connectivity index (χ4v) is 4.81. The molecular weight excluding hydrogens is 358 g/mol. The molecule has 8 nitrogen and oxygen atoms in total. The number of nitriles is 1. The van der Waals surface area contributed by atoms with Crippen LogP contribution in [-0.2, 0) is 9.59 Å². The zero-order valence-electron chi connectivity index (χ0n) is 15.2. The van der Waals surface area contributed by atoms with Crippen LogP contribution >= 0.6 is 0 Å². The van der Waals surface area contributed by atoms with Gasteiger partial charge in [0.2, 0.25) is 5.91 Å². The lowest BCUT2D eigenvalue weighted by atomic mass is 10.1. The van der Waals surface area contributed by atoms with Gasteiger partial charge >= 0.3 is 6.03 Å². The predicted molar refractivity (Wildman–Crippen MR) is 99.2 cm³/mol. The predicted octanol–water partition coefficient (Wildman–Crippen LogP) is 1.64. The number of benzene rings is 1. The zero-order valence-corrected chi connectivity index (χ0v) is 15.2. The Balaban J connectivity index is 1.59. The maximum absolute atomic E-state index is 13.3. The third kappa shape index (κ3) is 1.99. The maximum Gasteiger partial charge on any atom is 0.332 e. The van der Waals surface area contributed by atoms with Crippen molar-refractivity contribution >= 4 is 34.3 Å². The Morgan fingerprint density at radius 3 is 2.75 bits per heavy atom. The Kier molecular flexibility index (Phi) is 3.43. The molecule has 4 heterocycles. The second kappa shape index (κ2) is 5.76. The average Bonchev–Trinajstić information content (AvgIpc) is 3.38. The minimum Gasteiger partial charge on any atom is -0.335 e. The number of hydrogen-bond donors (Lipinski definition) is 0. The maximum atomic E-state index is 13.3. The fraction of sp³-hybridized carbons (Fsp3) is 0.350. The van der Waals surface area contributed by atoms with E-state index in [9.17, 15) is 19.6 Å². The topological polar surface area (TPSA) is 97.6 Å². The van der Waals surface area contributed by atoms with Crippen molar-refractivity contribution in [1.82, 2.24) is 14.8 Å². The largest absolute Gasteiger partial charge is 0.335 e. The highest BCUT2D eigenvalue weighted by atomic mass is 16.2. The van der Waals surface area contributed by atoms with Crippen molar-refractivity contribution in [2.75, 3.05) is 11.4 Å². The first-order chi connectivity index (χ1) is 13.6. The molecule has 3 aliphatic heterocycles. The van der Waals surface area contributed by atoms with E-state index in [0.29, 0.717) is 35.8 Å². The van der Waals surface area contributed by atoms with Crippen LogP contribution in [-0.4, -0.2) is 57.3 Å². The molecule has 4 amide bonds. The van der Waals surface area contributed by atoms with Gasteiger partial charge in [0.25, 0.3) is 5.91 Å². The first-order valence-electron chi connectivity index (χ1n) is 9.30. The number of imide groups is 1. The van der Waals surface area contributed by atoms with Crippen molar-refractivity contribution in [1.29, 1.82) is 5.26 Å². The molecule has 1 aromatic heterocycles. The monoisotopic (exact) mass is 375 g/mol. The summed E-state index contributed by atoms with van der Waals surface area (Å²) < 4.78 is 0. The van der Waals surface area contributed by atoms with Crippen molar-refractivity contribution in [3.63, 3.8) is 0 Å².